The zero-order valence-electron chi connectivity index (χ0n) is 43.4. The highest BCUT2D eigenvalue weighted by atomic mass is 16.7. The normalized spacial score (nSPS) is 26.5. The standard InChI is InChI=1S/C57H97NO13/c1-3-5-7-9-11-13-15-17-19-20-21-22-23-24-25-26-27-29-31-33-35-37-39-41-49(62)58-45(46(61)40-38-36-34-32-30-28-18-16-14-12-10-8-6-4-2)44-68-56-54(67)52(65)55(48(43-60)70-56)71-57-53(66)51(64)50(63)47(42-59)69-57/h5,7,11,13,17,19,21-22,24-25,30,32,38,40,45-48,50-57,59-61,63-67H,3-4,6,8-10,12,14-16,18,20,23,26-29,31,33-37,39,41-44H2,1-2H3,(H,58,62)/b7-5-,13-11-,19-17-,22-21-,25-24-,32-30+,40-38+. The van der Waals surface area contributed by atoms with Crippen molar-refractivity contribution in [3.63, 3.8) is 0 Å². The molecule has 1 amide bonds. The number of aliphatic hydroxyl groups is 8. The maximum absolute atomic E-state index is 13.2. The molecule has 14 nitrogen and oxygen atoms in total. The summed E-state index contributed by atoms with van der Waals surface area (Å²) in [5, 5.41) is 86.8. The summed E-state index contributed by atoms with van der Waals surface area (Å²) in [4.78, 5) is 13.2. The van der Waals surface area contributed by atoms with E-state index in [1.54, 1.807) is 6.08 Å². The fourth-order valence-corrected chi connectivity index (χ4v) is 8.39. The average molecular weight is 1000 g/mol. The molecule has 0 aliphatic carbocycles. The summed E-state index contributed by atoms with van der Waals surface area (Å²) in [5.74, 6) is -0.265. The van der Waals surface area contributed by atoms with Gasteiger partial charge in [-0.15, -0.1) is 0 Å². The van der Waals surface area contributed by atoms with Gasteiger partial charge in [-0.1, -0.05) is 176 Å². The number of amides is 1. The van der Waals surface area contributed by atoms with Crippen molar-refractivity contribution in [1.82, 2.24) is 5.32 Å². The molecule has 0 aromatic rings. The second kappa shape index (κ2) is 42.5. The zero-order valence-corrected chi connectivity index (χ0v) is 43.4. The second-order valence-corrected chi connectivity index (χ2v) is 19.0. The third kappa shape index (κ3) is 29.0. The van der Waals surface area contributed by atoms with E-state index < -0.39 is 86.8 Å². The molecular weight excluding hydrogens is 907 g/mol. The number of hydrogen-bond acceptors (Lipinski definition) is 13. The van der Waals surface area contributed by atoms with Gasteiger partial charge in [0.25, 0.3) is 0 Å². The van der Waals surface area contributed by atoms with Crippen molar-refractivity contribution in [2.45, 2.75) is 248 Å². The number of aliphatic hydroxyl groups excluding tert-OH is 8. The summed E-state index contributed by atoms with van der Waals surface area (Å²) in [7, 11) is 0. The van der Waals surface area contributed by atoms with Crippen LogP contribution in [0.25, 0.3) is 0 Å². The van der Waals surface area contributed by atoms with Crippen LogP contribution in [0.5, 0.6) is 0 Å². The first kappa shape index (κ1) is 64.3. The Morgan fingerprint density at radius 3 is 1.55 bits per heavy atom. The lowest BCUT2D eigenvalue weighted by atomic mass is 9.97. The first-order valence-electron chi connectivity index (χ1n) is 27.3. The predicted molar refractivity (Wildman–Crippen MR) is 281 cm³/mol. The van der Waals surface area contributed by atoms with Crippen LogP contribution in [-0.4, -0.2) is 140 Å². The summed E-state index contributed by atoms with van der Waals surface area (Å²) < 4.78 is 22.7. The molecule has 0 aromatic heterocycles. The first-order chi connectivity index (χ1) is 34.6. The van der Waals surface area contributed by atoms with Gasteiger partial charge in [0.15, 0.2) is 12.6 Å². The van der Waals surface area contributed by atoms with Gasteiger partial charge in [0.1, 0.15) is 48.8 Å². The number of nitrogens with one attached hydrogen (secondary N) is 1. The second-order valence-electron chi connectivity index (χ2n) is 19.0. The third-order valence-electron chi connectivity index (χ3n) is 12.8. The largest absolute Gasteiger partial charge is 0.394 e. The minimum absolute atomic E-state index is 0.255. The van der Waals surface area contributed by atoms with Gasteiger partial charge in [-0.25, -0.2) is 0 Å². The highest BCUT2D eigenvalue weighted by Gasteiger charge is 2.51. The molecule has 2 fully saturated rings. The van der Waals surface area contributed by atoms with E-state index in [1.807, 2.05) is 6.08 Å². The van der Waals surface area contributed by atoms with Crippen LogP contribution in [0, 0.1) is 0 Å². The number of rotatable bonds is 41. The summed E-state index contributed by atoms with van der Waals surface area (Å²) in [6.45, 7) is 2.62. The molecule has 2 aliphatic heterocycles. The number of ether oxygens (including phenoxy) is 4. The Morgan fingerprint density at radius 2 is 0.986 bits per heavy atom. The topological polar surface area (TPSA) is 228 Å². The molecule has 0 spiro atoms. The maximum Gasteiger partial charge on any atom is 0.220 e. The van der Waals surface area contributed by atoms with E-state index in [0.717, 1.165) is 83.5 Å². The number of allylic oxidation sites excluding steroid dienone is 13. The van der Waals surface area contributed by atoms with Gasteiger partial charge in [0.2, 0.25) is 5.91 Å². The Kier molecular flexibility index (Phi) is 38.5. The van der Waals surface area contributed by atoms with Gasteiger partial charge in [-0.05, 0) is 77.0 Å². The van der Waals surface area contributed by atoms with Crippen molar-refractivity contribution in [1.29, 1.82) is 0 Å². The summed E-state index contributed by atoms with van der Waals surface area (Å²) in [6, 6.07) is -0.942. The van der Waals surface area contributed by atoms with Crippen LogP contribution < -0.4 is 5.32 Å². The molecular formula is C57H97NO13. The predicted octanol–water partition coefficient (Wildman–Crippen LogP) is 8.16. The molecule has 0 radical (unpaired) electrons. The minimum atomic E-state index is -1.80. The monoisotopic (exact) mass is 1000 g/mol. The Hall–Kier alpha value is -2.83. The summed E-state index contributed by atoms with van der Waals surface area (Å²) in [6.07, 6.45) is 39.0. The van der Waals surface area contributed by atoms with Gasteiger partial charge in [0, 0.05) is 6.42 Å². The lowest BCUT2D eigenvalue weighted by Crippen LogP contribution is -2.65. The fraction of sp³-hybridized carbons (Fsp3) is 0.737. The quantitative estimate of drug-likeness (QED) is 0.0208. The Bertz CT molecular complexity index is 1510. The van der Waals surface area contributed by atoms with E-state index in [-0.39, 0.29) is 18.9 Å². The highest BCUT2D eigenvalue weighted by Crippen LogP contribution is 2.30. The molecule has 408 valence electrons. The molecule has 0 saturated carbocycles. The van der Waals surface area contributed by atoms with Crippen LogP contribution in [0.1, 0.15) is 174 Å². The third-order valence-corrected chi connectivity index (χ3v) is 12.8. The number of carbonyl (C=O) groups excluding carboxylic acids is 1. The Labute approximate surface area is 427 Å². The van der Waals surface area contributed by atoms with Crippen molar-refractivity contribution in [3.8, 4) is 0 Å². The molecule has 12 atom stereocenters. The number of carbonyl (C=O) groups is 1. The minimum Gasteiger partial charge on any atom is -0.394 e. The van der Waals surface area contributed by atoms with Gasteiger partial charge < -0.3 is 65.1 Å². The smallest absolute Gasteiger partial charge is 0.220 e. The van der Waals surface area contributed by atoms with Crippen LogP contribution >= 0.6 is 0 Å². The van der Waals surface area contributed by atoms with Crippen molar-refractivity contribution in [2.24, 2.45) is 0 Å². The number of unbranched alkanes of at least 4 members (excludes halogenated alkanes) is 16. The van der Waals surface area contributed by atoms with E-state index in [2.05, 4.69) is 92.1 Å². The number of hydrogen-bond donors (Lipinski definition) is 9. The van der Waals surface area contributed by atoms with Gasteiger partial charge in [0.05, 0.1) is 32.0 Å². The van der Waals surface area contributed by atoms with E-state index in [9.17, 15) is 45.6 Å². The van der Waals surface area contributed by atoms with Crippen molar-refractivity contribution in [2.75, 3.05) is 19.8 Å². The average Bonchev–Trinajstić information content (AvgIpc) is 3.37. The van der Waals surface area contributed by atoms with Gasteiger partial charge >= 0.3 is 0 Å². The molecule has 2 heterocycles. The van der Waals surface area contributed by atoms with E-state index in [0.29, 0.717) is 12.8 Å². The van der Waals surface area contributed by atoms with Crippen LogP contribution in [0.15, 0.2) is 85.1 Å². The lowest BCUT2D eigenvalue weighted by Gasteiger charge is -2.46. The van der Waals surface area contributed by atoms with Crippen LogP contribution in [-0.2, 0) is 23.7 Å². The van der Waals surface area contributed by atoms with E-state index in [1.165, 1.54) is 57.8 Å². The van der Waals surface area contributed by atoms with Crippen LogP contribution in [0.2, 0.25) is 0 Å². The molecule has 2 saturated heterocycles. The maximum atomic E-state index is 13.2. The molecule has 2 aliphatic rings. The van der Waals surface area contributed by atoms with Crippen molar-refractivity contribution >= 4 is 5.91 Å². The molecule has 0 aromatic carbocycles. The van der Waals surface area contributed by atoms with E-state index >= 15 is 0 Å². The highest BCUT2D eigenvalue weighted by molar-refractivity contribution is 5.76. The Morgan fingerprint density at radius 1 is 0.521 bits per heavy atom. The van der Waals surface area contributed by atoms with Gasteiger partial charge in [-0.3, -0.25) is 4.79 Å². The lowest BCUT2D eigenvalue weighted by molar-refractivity contribution is -0.359. The Balaban J connectivity index is 1.81. The summed E-state index contributed by atoms with van der Waals surface area (Å²) in [5.41, 5.74) is 0. The molecule has 71 heavy (non-hydrogen) atoms. The van der Waals surface area contributed by atoms with Crippen LogP contribution in [0.3, 0.4) is 0 Å². The van der Waals surface area contributed by atoms with Crippen molar-refractivity contribution in [3.05, 3.63) is 85.1 Å². The molecule has 9 N–H and O–H groups in total. The van der Waals surface area contributed by atoms with Crippen LogP contribution in [0.4, 0.5) is 0 Å². The molecule has 12 unspecified atom stereocenters. The molecule has 14 heteroatoms. The van der Waals surface area contributed by atoms with Gasteiger partial charge in [-0.2, -0.15) is 0 Å². The van der Waals surface area contributed by atoms with E-state index in [4.69, 9.17) is 18.9 Å². The SMILES string of the molecule is CC/C=C\C/C=C\C/C=C\C/C=C\C/C=C\CCCCCCCCCC(=O)NC(COC1OC(CO)C(OC2OC(CO)C(O)C(O)C2O)C(O)C1O)C(O)/C=C/CC/C=C/CCCCCCCCCC. The first-order valence-corrected chi connectivity index (χ1v) is 27.3. The van der Waals surface area contributed by atoms with Crippen molar-refractivity contribution < 1.29 is 64.6 Å². The zero-order chi connectivity index (χ0) is 51.7. The molecule has 0 bridgehead atoms. The fourth-order valence-electron chi connectivity index (χ4n) is 8.39. The summed E-state index contributed by atoms with van der Waals surface area (Å²) >= 11 is 0. The molecule has 2 rings (SSSR count).